The highest BCUT2D eigenvalue weighted by atomic mass is 16.5. The Morgan fingerprint density at radius 1 is 1.13 bits per heavy atom. The van der Waals surface area contributed by atoms with E-state index in [1.807, 2.05) is 12.3 Å². The van der Waals surface area contributed by atoms with Crippen LogP contribution in [-0.2, 0) is 16.6 Å². The van der Waals surface area contributed by atoms with Gasteiger partial charge in [-0.1, -0.05) is 73.0 Å². The molecule has 1 unspecified atom stereocenters. The van der Waals surface area contributed by atoms with Gasteiger partial charge >= 0.3 is 0 Å². The van der Waals surface area contributed by atoms with Gasteiger partial charge in [0.2, 0.25) is 0 Å². The van der Waals surface area contributed by atoms with E-state index < -0.39 is 0 Å². The van der Waals surface area contributed by atoms with Crippen molar-refractivity contribution >= 4 is 5.78 Å². The smallest absolute Gasteiger partial charge is 0.152 e. The van der Waals surface area contributed by atoms with Crippen molar-refractivity contribution in [3.63, 3.8) is 0 Å². The molecule has 38 heavy (non-hydrogen) atoms. The lowest BCUT2D eigenvalue weighted by atomic mass is 9.41. The minimum atomic E-state index is -0.129. The van der Waals surface area contributed by atoms with Gasteiger partial charge in [0.15, 0.2) is 5.78 Å². The molecule has 2 fully saturated rings. The van der Waals surface area contributed by atoms with Crippen molar-refractivity contribution in [1.82, 2.24) is 5.16 Å². The van der Waals surface area contributed by atoms with Crippen molar-refractivity contribution in [2.45, 2.75) is 132 Å². The number of hydrogen-bond donors (Lipinski definition) is 1. The summed E-state index contributed by atoms with van der Waals surface area (Å²) >= 11 is 0. The summed E-state index contributed by atoms with van der Waals surface area (Å²) in [5.74, 6) is 2.18. The number of fused-ring (bicyclic) bond motifs is 2. The molecule has 4 rings (SSSR count). The molecule has 1 N–H and O–H groups in total. The molecule has 3 aliphatic carbocycles. The van der Waals surface area contributed by atoms with Crippen LogP contribution in [0.5, 0.6) is 0 Å². The molecule has 5 atom stereocenters. The van der Waals surface area contributed by atoms with Crippen molar-refractivity contribution in [3.8, 4) is 0 Å². The molecule has 0 spiro atoms. The summed E-state index contributed by atoms with van der Waals surface area (Å²) < 4.78 is 5.81. The van der Waals surface area contributed by atoms with Gasteiger partial charge in [-0.25, -0.2) is 0 Å². The normalized spacial score (nSPS) is 37.5. The summed E-state index contributed by atoms with van der Waals surface area (Å²) in [5.41, 5.74) is 2.80. The van der Waals surface area contributed by atoms with E-state index in [1.165, 1.54) is 30.4 Å². The fourth-order valence-corrected chi connectivity index (χ4v) is 9.69. The second kappa shape index (κ2) is 9.60. The maximum Gasteiger partial charge on any atom is 0.152 e. The number of carbonyl (C=O) groups is 1. The van der Waals surface area contributed by atoms with E-state index >= 15 is 0 Å². The largest absolute Gasteiger partial charge is 0.396 e. The van der Waals surface area contributed by atoms with Crippen LogP contribution in [0.15, 0.2) is 22.4 Å². The van der Waals surface area contributed by atoms with Crippen LogP contribution in [0.4, 0.5) is 0 Å². The highest BCUT2D eigenvalue weighted by molar-refractivity contribution is 5.88. The Morgan fingerprint density at radius 3 is 2.42 bits per heavy atom. The number of aliphatic hydroxyl groups excluding tert-OH is 1. The Labute approximate surface area is 232 Å². The standard InChI is InChI=1S/C34H55NO3/c1-23-20-29(3,4)13-15-34(23,17-18-36)16-14-30(5,6)33(10)12-11-26-31(7,8)28-25(22-35-38-28)21-32(26,9)27(33)19-24(2)37/h19,22-23,26,36H,11-18,20-21H2,1-10H3/b27-19-/t23?,26-,32-,33+,34+/m0/s1. The SMILES string of the molecule is CC(=O)/C=C1/[C@@]2(C)Cc3cnoc3C(C)(C)[C@@H]2CC[C@@]1(C)C(C)(C)CC[C@@]1(CCO)CCC(C)(C)CC1C. The second-order valence-corrected chi connectivity index (χ2v) is 16.1. The highest BCUT2D eigenvalue weighted by Crippen LogP contribution is 2.68. The maximum absolute atomic E-state index is 12.8. The van der Waals surface area contributed by atoms with E-state index in [9.17, 15) is 9.90 Å². The lowest BCUT2D eigenvalue weighted by Gasteiger charge is -2.62. The molecule has 0 bridgehead atoms. The Morgan fingerprint density at radius 2 is 1.82 bits per heavy atom. The summed E-state index contributed by atoms with van der Waals surface area (Å²) in [6, 6.07) is 0. The molecule has 0 aliphatic heterocycles. The molecule has 1 aromatic rings. The average molecular weight is 526 g/mol. The predicted molar refractivity (Wildman–Crippen MR) is 155 cm³/mol. The molecule has 4 nitrogen and oxygen atoms in total. The van der Waals surface area contributed by atoms with E-state index in [0.717, 1.165) is 44.3 Å². The van der Waals surface area contributed by atoms with Crippen molar-refractivity contribution in [3.05, 3.63) is 29.2 Å². The van der Waals surface area contributed by atoms with Crippen molar-refractivity contribution < 1.29 is 14.4 Å². The van der Waals surface area contributed by atoms with Crippen LogP contribution in [0.25, 0.3) is 0 Å². The zero-order valence-corrected chi connectivity index (χ0v) is 26.1. The van der Waals surface area contributed by atoms with Gasteiger partial charge in [-0.3, -0.25) is 4.79 Å². The molecular weight excluding hydrogens is 470 g/mol. The monoisotopic (exact) mass is 525 g/mol. The van der Waals surface area contributed by atoms with Gasteiger partial charge in [0.05, 0.1) is 6.20 Å². The zero-order chi connectivity index (χ0) is 28.4. The highest BCUT2D eigenvalue weighted by Gasteiger charge is 2.61. The van der Waals surface area contributed by atoms with Crippen LogP contribution in [0, 0.1) is 38.9 Å². The van der Waals surface area contributed by atoms with E-state index in [0.29, 0.717) is 17.3 Å². The number of aromatic nitrogens is 1. The van der Waals surface area contributed by atoms with Crippen molar-refractivity contribution in [2.24, 2.45) is 38.9 Å². The van der Waals surface area contributed by atoms with Gasteiger partial charge in [-0.15, -0.1) is 0 Å². The molecule has 0 radical (unpaired) electrons. The summed E-state index contributed by atoms with van der Waals surface area (Å²) in [6.45, 7) is 23.6. The fourth-order valence-electron chi connectivity index (χ4n) is 9.69. The lowest BCUT2D eigenvalue weighted by Crippen LogP contribution is -2.56. The third-order valence-corrected chi connectivity index (χ3v) is 12.5. The van der Waals surface area contributed by atoms with Crippen molar-refractivity contribution in [1.29, 1.82) is 0 Å². The fraction of sp³-hybridized carbons (Fsp3) is 0.824. The second-order valence-electron chi connectivity index (χ2n) is 16.1. The van der Waals surface area contributed by atoms with Crippen LogP contribution in [-0.4, -0.2) is 22.7 Å². The zero-order valence-electron chi connectivity index (χ0n) is 26.1. The third-order valence-electron chi connectivity index (χ3n) is 12.5. The molecule has 3 aliphatic rings. The maximum atomic E-state index is 12.8. The van der Waals surface area contributed by atoms with Crippen molar-refractivity contribution in [2.75, 3.05) is 6.61 Å². The number of aliphatic hydroxyl groups is 1. The first kappa shape index (κ1) is 29.6. The molecule has 0 saturated heterocycles. The summed E-state index contributed by atoms with van der Waals surface area (Å²) in [5, 5.41) is 14.3. The van der Waals surface area contributed by atoms with Gasteiger partial charge < -0.3 is 9.63 Å². The van der Waals surface area contributed by atoms with E-state index in [4.69, 9.17) is 4.52 Å². The first-order valence-corrected chi connectivity index (χ1v) is 15.2. The molecule has 4 heteroatoms. The Kier molecular flexibility index (Phi) is 7.47. The van der Waals surface area contributed by atoms with E-state index in [2.05, 4.69) is 67.5 Å². The minimum absolute atomic E-state index is 0.0104. The molecule has 214 valence electrons. The van der Waals surface area contributed by atoms with Gasteiger partial charge in [0, 0.05) is 17.6 Å². The summed E-state index contributed by atoms with van der Waals surface area (Å²) in [7, 11) is 0. The Hall–Kier alpha value is -1.42. The van der Waals surface area contributed by atoms with Gasteiger partial charge in [0.25, 0.3) is 0 Å². The van der Waals surface area contributed by atoms with Crippen LogP contribution in [0.1, 0.15) is 132 Å². The summed E-state index contributed by atoms with van der Waals surface area (Å²) in [4.78, 5) is 12.8. The number of ketones is 1. The first-order valence-electron chi connectivity index (χ1n) is 15.2. The number of allylic oxidation sites excluding steroid dienone is 2. The van der Waals surface area contributed by atoms with Crippen LogP contribution >= 0.6 is 0 Å². The topological polar surface area (TPSA) is 63.3 Å². The predicted octanol–water partition coefficient (Wildman–Crippen LogP) is 8.47. The molecule has 2 saturated carbocycles. The quantitative estimate of drug-likeness (QED) is 0.363. The first-order chi connectivity index (χ1) is 17.4. The molecular formula is C34H55NO3. The van der Waals surface area contributed by atoms with Crippen LogP contribution in [0.2, 0.25) is 0 Å². The van der Waals surface area contributed by atoms with E-state index in [-0.39, 0.29) is 39.5 Å². The Bertz CT molecular complexity index is 1080. The number of nitrogens with zero attached hydrogens (tertiary/aromatic N) is 1. The molecule has 0 aromatic carbocycles. The lowest BCUT2D eigenvalue weighted by molar-refractivity contribution is -0.113. The van der Waals surface area contributed by atoms with Crippen LogP contribution in [0.3, 0.4) is 0 Å². The minimum Gasteiger partial charge on any atom is -0.396 e. The number of hydrogen-bond acceptors (Lipinski definition) is 4. The summed E-state index contributed by atoms with van der Waals surface area (Å²) in [6.07, 6.45) is 13.8. The molecule has 1 heterocycles. The van der Waals surface area contributed by atoms with E-state index in [1.54, 1.807) is 6.92 Å². The average Bonchev–Trinajstić information content (AvgIpc) is 3.26. The number of rotatable bonds is 7. The molecule has 1 aromatic heterocycles. The Balaban J connectivity index is 1.70. The van der Waals surface area contributed by atoms with Gasteiger partial charge in [-0.05, 0) is 110 Å². The van der Waals surface area contributed by atoms with Gasteiger partial charge in [0.1, 0.15) is 5.76 Å². The number of carbonyl (C=O) groups excluding carboxylic acids is 1. The van der Waals surface area contributed by atoms with Gasteiger partial charge in [-0.2, -0.15) is 0 Å². The van der Waals surface area contributed by atoms with Crippen LogP contribution < -0.4 is 0 Å². The molecule has 0 amide bonds. The third kappa shape index (κ3) is 4.65.